The van der Waals surface area contributed by atoms with Gasteiger partial charge in [-0.25, -0.2) is 8.42 Å². The first kappa shape index (κ1) is 23.8. The number of sulfonamides is 1. The van der Waals surface area contributed by atoms with Crippen LogP contribution in [0.2, 0.25) is 0 Å². The molecular weight excluding hydrogens is 494 g/mol. The van der Waals surface area contributed by atoms with Crippen molar-refractivity contribution in [2.45, 2.75) is 25.2 Å². The van der Waals surface area contributed by atoms with Crippen LogP contribution >= 0.6 is 15.9 Å². The molecule has 168 valence electrons. The van der Waals surface area contributed by atoms with Gasteiger partial charge in [-0.2, -0.15) is 4.31 Å². The number of ether oxygens (including phenoxy) is 2. The monoisotopic (exact) mass is 517 g/mol. The maximum Gasteiger partial charge on any atom is 0.278 e. The van der Waals surface area contributed by atoms with E-state index >= 15 is 0 Å². The molecule has 0 unspecified atom stereocenters. The Morgan fingerprint density at radius 1 is 1.00 bits per heavy atom. The van der Waals surface area contributed by atoms with Crippen molar-refractivity contribution in [2.24, 2.45) is 0 Å². The lowest BCUT2D eigenvalue weighted by Crippen LogP contribution is -2.40. The van der Waals surface area contributed by atoms with Crippen LogP contribution in [0.3, 0.4) is 0 Å². The molecule has 0 aliphatic carbocycles. The zero-order valence-electron chi connectivity index (χ0n) is 18.0. The lowest BCUT2D eigenvalue weighted by Gasteiger charge is -2.23. The number of anilines is 1. The van der Waals surface area contributed by atoms with E-state index in [4.69, 9.17) is 9.47 Å². The van der Waals surface area contributed by atoms with Crippen LogP contribution in [0.4, 0.5) is 5.69 Å². The van der Waals surface area contributed by atoms with Gasteiger partial charge in [0.15, 0.2) is 6.61 Å². The minimum atomic E-state index is -4.16. The Hall–Kier alpha value is -2.84. The Balaban J connectivity index is 1.94. The molecule has 0 saturated heterocycles. The Morgan fingerprint density at radius 3 is 2.22 bits per heavy atom. The summed E-state index contributed by atoms with van der Waals surface area (Å²) in [6.07, 6.45) is 0.859. The molecular formula is C24H24BrNO5S. The fraction of sp³-hybridized carbons (Fsp3) is 0.208. The average molecular weight is 518 g/mol. The molecule has 8 heteroatoms. The van der Waals surface area contributed by atoms with Gasteiger partial charge in [0.1, 0.15) is 11.5 Å². The van der Waals surface area contributed by atoms with Gasteiger partial charge < -0.3 is 9.47 Å². The van der Waals surface area contributed by atoms with Gasteiger partial charge in [-0.15, -0.1) is 0 Å². The van der Waals surface area contributed by atoms with E-state index < -0.39 is 22.5 Å². The fourth-order valence-corrected chi connectivity index (χ4v) is 4.98. The van der Waals surface area contributed by atoms with Gasteiger partial charge in [-0.3, -0.25) is 4.79 Å². The number of carbonyl (C=O) groups excluding carboxylic acids is 1. The molecule has 0 heterocycles. The number of aryl methyl sites for hydroxylation is 2. The summed E-state index contributed by atoms with van der Waals surface area (Å²) in [5, 5.41) is 0. The molecule has 6 nitrogen and oxygen atoms in total. The molecule has 32 heavy (non-hydrogen) atoms. The summed E-state index contributed by atoms with van der Waals surface area (Å²) >= 11 is 3.44. The molecule has 0 radical (unpaired) electrons. The smallest absolute Gasteiger partial charge is 0.278 e. The third-order valence-corrected chi connectivity index (χ3v) is 7.23. The van der Waals surface area contributed by atoms with Crippen molar-refractivity contribution in [2.75, 3.05) is 18.0 Å². The molecule has 1 amide bonds. The van der Waals surface area contributed by atoms with Gasteiger partial charge >= 0.3 is 0 Å². The largest absolute Gasteiger partial charge is 0.497 e. The molecule has 0 spiro atoms. The number of carbonyl (C=O) groups is 1. The predicted octanol–water partition coefficient (Wildman–Crippen LogP) is 5.13. The quantitative estimate of drug-likeness (QED) is 0.414. The summed E-state index contributed by atoms with van der Waals surface area (Å²) < 4.78 is 39.1. The van der Waals surface area contributed by atoms with Crippen LogP contribution in [0.1, 0.15) is 18.1 Å². The Morgan fingerprint density at radius 2 is 1.66 bits per heavy atom. The van der Waals surface area contributed by atoms with E-state index in [0.29, 0.717) is 16.0 Å². The van der Waals surface area contributed by atoms with E-state index in [2.05, 4.69) is 15.9 Å². The molecule has 0 bridgehead atoms. The maximum absolute atomic E-state index is 13.4. The number of benzene rings is 3. The molecule has 0 saturated carbocycles. The van der Waals surface area contributed by atoms with Crippen molar-refractivity contribution < 1.29 is 22.7 Å². The summed E-state index contributed by atoms with van der Waals surface area (Å²) in [5.41, 5.74) is 2.22. The second-order valence-electron chi connectivity index (χ2n) is 7.08. The summed E-state index contributed by atoms with van der Waals surface area (Å²) in [6, 6.07) is 18.1. The van der Waals surface area contributed by atoms with Crippen LogP contribution in [-0.2, 0) is 21.2 Å². The third-order valence-electron chi connectivity index (χ3n) is 4.85. The highest BCUT2D eigenvalue weighted by molar-refractivity contribution is 9.10. The van der Waals surface area contributed by atoms with Crippen molar-refractivity contribution in [3.05, 3.63) is 82.3 Å². The van der Waals surface area contributed by atoms with Crippen LogP contribution in [0, 0.1) is 6.92 Å². The van der Waals surface area contributed by atoms with Crippen molar-refractivity contribution in [1.82, 2.24) is 0 Å². The second kappa shape index (κ2) is 10.2. The van der Waals surface area contributed by atoms with Crippen LogP contribution in [-0.4, -0.2) is 28.0 Å². The first-order valence-electron chi connectivity index (χ1n) is 9.96. The fourth-order valence-electron chi connectivity index (χ4n) is 3.03. The number of nitrogens with zero attached hydrogens (tertiary/aromatic N) is 1. The standard InChI is InChI=1S/C24H24BrNO5S/c1-4-18-7-14-23(22(25)15-18)31-16-24(27)26(19-8-10-20(30-3)11-9-19)32(28,29)21-12-5-17(2)6-13-21/h5-15H,4,16H2,1-3H3. The Labute approximate surface area is 197 Å². The van der Waals surface area contributed by atoms with Gasteiger partial charge in [0.2, 0.25) is 0 Å². The van der Waals surface area contributed by atoms with Crippen LogP contribution < -0.4 is 13.8 Å². The number of hydrogen-bond donors (Lipinski definition) is 0. The molecule has 0 fully saturated rings. The second-order valence-corrected chi connectivity index (χ2v) is 9.72. The predicted molar refractivity (Wildman–Crippen MR) is 128 cm³/mol. The molecule has 0 aliphatic rings. The summed E-state index contributed by atoms with van der Waals surface area (Å²) in [6.45, 7) is 3.44. The highest BCUT2D eigenvalue weighted by atomic mass is 79.9. The van der Waals surface area contributed by atoms with Crippen LogP contribution in [0.15, 0.2) is 76.1 Å². The van der Waals surface area contributed by atoms with Gasteiger partial charge in [-0.05, 0) is 83.4 Å². The van der Waals surface area contributed by atoms with Gasteiger partial charge in [0, 0.05) is 0 Å². The van der Waals surface area contributed by atoms with E-state index in [9.17, 15) is 13.2 Å². The first-order chi connectivity index (χ1) is 15.3. The van der Waals surface area contributed by atoms with Gasteiger partial charge in [0.05, 0.1) is 22.2 Å². The molecule has 0 aliphatic heterocycles. The van der Waals surface area contributed by atoms with Crippen molar-refractivity contribution in [3.8, 4) is 11.5 Å². The molecule has 0 atom stereocenters. The lowest BCUT2D eigenvalue weighted by atomic mass is 10.2. The van der Waals surface area contributed by atoms with Gasteiger partial charge in [-0.1, -0.05) is 30.7 Å². The first-order valence-corrected chi connectivity index (χ1v) is 12.2. The SMILES string of the molecule is CCc1ccc(OCC(=O)N(c2ccc(OC)cc2)S(=O)(=O)c2ccc(C)cc2)c(Br)c1. The number of rotatable bonds is 8. The normalized spacial score (nSPS) is 11.1. The zero-order valence-corrected chi connectivity index (χ0v) is 20.4. The zero-order chi connectivity index (χ0) is 23.3. The summed E-state index contributed by atoms with van der Waals surface area (Å²) in [4.78, 5) is 13.2. The number of hydrogen-bond acceptors (Lipinski definition) is 5. The third kappa shape index (κ3) is 5.31. The highest BCUT2D eigenvalue weighted by Gasteiger charge is 2.31. The highest BCUT2D eigenvalue weighted by Crippen LogP contribution is 2.29. The Kier molecular flexibility index (Phi) is 7.58. The van der Waals surface area contributed by atoms with Crippen molar-refractivity contribution >= 4 is 37.5 Å². The summed E-state index contributed by atoms with van der Waals surface area (Å²) in [5.74, 6) is 0.283. The molecule has 0 aromatic heterocycles. The summed E-state index contributed by atoms with van der Waals surface area (Å²) in [7, 11) is -2.65. The van der Waals surface area contributed by atoms with E-state index in [1.54, 1.807) is 30.3 Å². The van der Waals surface area contributed by atoms with Crippen molar-refractivity contribution in [3.63, 3.8) is 0 Å². The maximum atomic E-state index is 13.4. The number of amides is 1. The topological polar surface area (TPSA) is 72.9 Å². The van der Waals surface area contributed by atoms with Gasteiger partial charge in [0.25, 0.3) is 15.9 Å². The van der Waals surface area contributed by atoms with Crippen molar-refractivity contribution in [1.29, 1.82) is 0 Å². The Bertz CT molecular complexity index is 1190. The van der Waals surface area contributed by atoms with E-state index in [-0.39, 0.29) is 10.6 Å². The lowest BCUT2D eigenvalue weighted by molar-refractivity contribution is -0.119. The molecule has 3 rings (SSSR count). The van der Waals surface area contributed by atoms with Crippen LogP contribution in [0.5, 0.6) is 11.5 Å². The van der Waals surface area contributed by atoms with E-state index in [0.717, 1.165) is 21.9 Å². The van der Waals surface area contributed by atoms with Crippen LogP contribution in [0.25, 0.3) is 0 Å². The minimum Gasteiger partial charge on any atom is -0.497 e. The average Bonchev–Trinajstić information content (AvgIpc) is 2.79. The van der Waals surface area contributed by atoms with E-state index in [1.165, 1.54) is 31.4 Å². The number of methoxy groups -OCH3 is 1. The molecule has 0 N–H and O–H groups in total. The minimum absolute atomic E-state index is 0.0146. The molecule has 3 aromatic carbocycles. The molecule has 3 aromatic rings. The van der Waals surface area contributed by atoms with E-state index in [1.807, 2.05) is 26.0 Å². The number of halogens is 1.